The van der Waals surface area contributed by atoms with Gasteiger partial charge in [-0.25, -0.2) is 9.78 Å². The maximum atomic E-state index is 13.0. The summed E-state index contributed by atoms with van der Waals surface area (Å²) in [7, 11) is 1.56. The molecule has 0 fully saturated rings. The molecule has 2 heterocycles. The average molecular weight is 417 g/mol. The minimum Gasteiger partial charge on any atom is -0.497 e. The van der Waals surface area contributed by atoms with Crippen LogP contribution in [0.2, 0.25) is 0 Å². The van der Waals surface area contributed by atoms with Crippen molar-refractivity contribution in [3.8, 4) is 16.3 Å². The number of ether oxygens (including phenoxy) is 2. The van der Waals surface area contributed by atoms with Gasteiger partial charge in [-0.05, 0) is 54.8 Å². The number of hydrogen-bond donors (Lipinski definition) is 0. The van der Waals surface area contributed by atoms with Crippen molar-refractivity contribution in [2.75, 3.05) is 7.11 Å². The lowest BCUT2D eigenvalue weighted by atomic mass is 10.1. The second-order valence-electron chi connectivity index (χ2n) is 6.69. The van der Waals surface area contributed by atoms with Gasteiger partial charge in [-0.3, -0.25) is 4.79 Å². The number of esters is 1. The molecule has 0 saturated heterocycles. The summed E-state index contributed by atoms with van der Waals surface area (Å²) in [6, 6.07) is 19.7. The molecule has 0 amide bonds. The topological polar surface area (TPSA) is 65.5 Å². The van der Waals surface area contributed by atoms with E-state index >= 15 is 0 Å². The number of Topliss-reactive ketones (excluding diaryl/α,β-unsaturated/α-hetero) is 1. The molecule has 6 heteroatoms. The molecular formula is C24H19NO4S. The van der Waals surface area contributed by atoms with Crippen molar-refractivity contribution in [1.82, 2.24) is 4.98 Å². The standard InChI is InChI=1S/C24H19NO4S/c1-15(23(26)16-9-11-17(28-2)12-10-16)29-24(27)19-14-21(22-8-5-13-30-22)25-20-7-4-3-6-18(19)20/h3-15H,1-2H3/t15-/m0/s1. The number of thiophene rings is 1. The summed E-state index contributed by atoms with van der Waals surface area (Å²) in [4.78, 5) is 31.3. The number of para-hydroxylation sites is 1. The molecule has 0 N–H and O–H groups in total. The van der Waals surface area contributed by atoms with Crippen LogP contribution in [0.5, 0.6) is 5.75 Å². The fourth-order valence-electron chi connectivity index (χ4n) is 3.16. The van der Waals surface area contributed by atoms with E-state index in [9.17, 15) is 9.59 Å². The zero-order valence-electron chi connectivity index (χ0n) is 16.5. The van der Waals surface area contributed by atoms with E-state index in [1.54, 1.807) is 55.7 Å². The van der Waals surface area contributed by atoms with E-state index in [-0.39, 0.29) is 5.78 Å². The molecule has 0 bridgehead atoms. The third-order valence-electron chi connectivity index (χ3n) is 4.74. The summed E-state index contributed by atoms with van der Waals surface area (Å²) in [5, 5.41) is 2.65. The van der Waals surface area contributed by atoms with Crippen molar-refractivity contribution in [2.24, 2.45) is 0 Å². The fraction of sp³-hybridized carbons (Fsp3) is 0.125. The van der Waals surface area contributed by atoms with Gasteiger partial charge in [0.05, 0.1) is 28.8 Å². The predicted octanol–water partition coefficient (Wildman–Crippen LogP) is 5.40. The number of fused-ring (bicyclic) bond motifs is 1. The number of carbonyl (C=O) groups is 2. The Morgan fingerprint density at radius 3 is 2.47 bits per heavy atom. The monoisotopic (exact) mass is 417 g/mol. The summed E-state index contributed by atoms with van der Waals surface area (Å²) in [6.45, 7) is 1.58. The summed E-state index contributed by atoms with van der Waals surface area (Å²) in [5.41, 5.74) is 2.24. The summed E-state index contributed by atoms with van der Waals surface area (Å²) in [6.07, 6.45) is -0.928. The minimum absolute atomic E-state index is 0.275. The molecule has 0 radical (unpaired) electrons. The van der Waals surface area contributed by atoms with E-state index in [1.807, 2.05) is 41.8 Å². The lowest BCUT2D eigenvalue weighted by molar-refractivity contribution is 0.0320. The third kappa shape index (κ3) is 3.95. The second-order valence-corrected chi connectivity index (χ2v) is 7.64. The molecule has 2 aromatic heterocycles. The van der Waals surface area contributed by atoms with Crippen molar-refractivity contribution in [2.45, 2.75) is 13.0 Å². The van der Waals surface area contributed by atoms with Gasteiger partial charge in [0.2, 0.25) is 5.78 Å². The van der Waals surface area contributed by atoms with Crippen LogP contribution < -0.4 is 4.74 Å². The van der Waals surface area contributed by atoms with Crippen molar-refractivity contribution in [1.29, 1.82) is 0 Å². The molecule has 5 nitrogen and oxygen atoms in total. The van der Waals surface area contributed by atoms with Crippen LogP contribution in [0.15, 0.2) is 72.1 Å². The molecule has 0 saturated carbocycles. The maximum absolute atomic E-state index is 13.0. The Kier molecular flexibility index (Phi) is 5.59. The number of carbonyl (C=O) groups excluding carboxylic acids is 2. The van der Waals surface area contributed by atoms with Crippen molar-refractivity contribution in [3.63, 3.8) is 0 Å². The second kappa shape index (κ2) is 8.47. The van der Waals surface area contributed by atoms with Crippen LogP contribution in [0.3, 0.4) is 0 Å². The molecule has 0 spiro atoms. The fourth-order valence-corrected chi connectivity index (χ4v) is 3.85. The number of methoxy groups -OCH3 is 1. The largest absolute Gasteiger partial charge is 0.497 e. The first-order chi connectivity index (χ1) is 14.6. The van der Waals surface area contributed by atoms with Gasteiger partial charge in [-0.1, -0.05) is 24.3 Å². The average Bonchev–Trinajstić information content (AvgIpc) is 3.33. The highest BCUT2D eigenvalue weighted by molar-refractivity contribution is 7.13. The van der Waals surface area contributed by atoms with E-state index in [0.717, 1.165) is 4.88 Å². The normalized spacial score (nSPS) is 11.8. The van der Waals surface area contributed by atoms with Crippen LogP contribution in [-0.4, -0.2) is 30.0 Å². The first-order valence-corrected chi connectivity index (χ1v) is 10.3. The number of rotatable bonds is 6. The van der Waals surface area contributed by atoms with Gasteiger partial charge < -0.3 is 9.47 Å². The highest BCUT2D eigenvalue weighted by Gasteiger charge is 2.22. The van der Waals surface area contributed by atoms with Crippen molar-refractivity contribution in [3.05, 3.63) is 83.2 Å². The van der Waals surface area contributed by atoms with Crippen LogP contribution >= 0.6 is 11.3 Å². The zero-order valence-corrected chi connectivity index (χ0v) is 17.3. The minimum atomic E-state index is -0.928. The molecule has 0 aliphatic heterocycles. The molecule has 4 aromatic rings. The SMILES string of the molecule is COc1ccc(C(=O)[C@H](C)OC(=O)c2cc(-c3cccs3)nc3ccccc23)cc1. The van der Waals surface area contributed by atoms with Crippen LogP contribution in [0.4, 0.5) is 0 Å². The zero-order chi connectivity index (χ0) is 21.1. The molecule has 4 rings (SSSR count). The Morgan fingerprint density at radius 2 is 1.77 bits per heavy atom. The van der Waals surface area contributed by atoms with Crippen molar-refractivity contribution < 1.29 is 19.1 Å². The summed E-state index contributed by atoms with van der Waals surface area (Å²) in [5.74, 6) is -0.177. The summed E-state index contributed by atoms with van der Waals surface area (Å²) >= 11 is 1.55. The summed E-state index contributed by atoms with van der Waals surface area (Å²) < 4.78 is 10.7. The molecule has 2 aromatic carbocycles. The molecule has 1 atom stereocenters. The Morgan fingerprint density at radius 1 is 1.00 bits per heavy atom. The quantitative estimate of drug-likeness (QED) is 0.310. The van der Waals surface area contributed by atoms with Crippen LogP contribution in [0, 0.1) is 0 Å². The van der Waals surface area contributed by atoms with Gasteiger partial charge in [0.15, 0.2) is 6.10 Å². The predicted molar refractivity (Wildman–Crippen MR) is 117 cm³/mol. The van der Waals surface area contributed by atoms with Gasteiger partial charge in [0.25, 0.3) is 0 Å². The number of nitrogens with zero attached hydrogens (tertiary/aromatic N) is 1. The van der Waals surface area contributed by atoms with Crippen LogP contribution in [0.1, 0.15) is 27.6 Å². The van der Waals surface area contributed by atoms with E-state index in [4.69, 9.17) is 9.47 Å². The molecule has 0 aliphatic rings. The van der Waals surface area contributed by atoms with Gasteiger partial charge in [-0.15, -0.1) is 11.3 Å². The van der Waals surface area contributed by atoms with E-state index in [1.165, 1.54) is 0 Å². The third-order valence-corrected chi connectivity index (χ3v) is 5.63. The highest BCUT2D eigenvalue weighted by Crippen LogP contribution is 2.28. The molecule has 150 valence electrons. The Bertz CT molecular complexity index is 1200. The molecule has 0 aliphatic carbocycles. The van der Waals surface area contributed by atoms with Gasteiger partial charge in [-0.2, -0.15) is 0 Å². The number of ketones is 1. The van der Waals surface area contributed by atoms with E-state index in [2.05, 4.69) is 4.98 Å². The Labute approximate surface area is 177 Å². The number of pyridine rings is 1. The first kappa shape index (κ1) is 19.8. The molecular weight excluding hydrogens is 398 g/mol. The highest BCUT2D eigenvalue weighted by atomic mass is 32.1. The van der Waals surface area contributed by atoms with Crippen LogP contribution in [0.25, 0.3) is 21.5 Å². The lowest BCUT2D eigenvalue weighted by Gasteiger charge is -2.14. The first-order valence-electron chi connectivity index (χ1n) is 9.39. The number of aromatic nitrogens is 1. The maximum Gasteiger partial charge on any atom is 0.339 e. The van der Waals surface area contributed by atoms with Gasteiger partial charge in [0, 0.05) is 10.9 Å². The van der Waals surface area contributed by atoms with Gasteiger partial charge >= 0.3 is 5.97 Å². The molecule has 30 heavy (non-hydrogen) atoms. The van der Waals surface area contributed by atoms with E-state index in [0.29, 0.717) is 33.5 Å². The van der Waals surface area contributed by atoms with Gasteiger partial charge in [0.1, 0.15) is 5.75 Å². The Balaban J connectivity index is 1.63. The smallest absolute Gasteiger partial charge is 0.339 e. The lowest BCUT2D eigenvalue weighted by Crippen LogP contribution is -2.24. The number of hydrogen-bond acceptors (Lipinski definition) is 6. The number of benzene rings is 2. The van der Waals surface area contributed by atoms with E-state index < -0.39 is 12.1 Å². The van der Waals surface area contributed by atoms with Crippen molar-refractivity contribution >= 4 is 34.0 Å². The Hall–Kier alpha value is -3.51. The molecule has 0 unspecified atom stereocenters. The van der Waals surface area contributed by atoms with Crippen LogP contribution in [-0.2, 0) is 4.74 Å².